The topological polar surface area (TPSA) is 24.5 Å². The maximum atomic E-state index is 6.10. The minimum Gasteiger partial charge on any atom is -0.367 e. The first-order valence-electron chi connectivity index (χ1n) is 7.02. The molecule has 2 heterocycles. The molecule has 1 fully saturated rings. The molecule has 1 aromatic heterocycles. The van der Waals surface area contributed by atoms with Gasteiger partial charge >= 0.3 is 0 Å². The van der Waals surface area contributed by atoms with Gasteiger partial charge < -0.3 is 10.1 Å². The first-order chi connectivity index (χ1) is 8.86. The fourth-order valence-electron chi connectivity index (χ4n) is 2.97. The van der Waals surface area contributed by atoms with E-state index in [0.29, 0.717) is 0 Å². The van der Waals surface area contributed by atoms with Crippen molar-refractivity contribution in [3.8, 4) is 0 Å². The van der Waals surface area contributed by atoms with Crippen molar-refractivity contribution in [1.82, 2.24) is 10.2 Å². The van der Waals surface area contributed by atoms with Crippen molar-refractivity contribution in [1.29, 1.82) is 0 Å². The Morgan fingerprint density at radius 2 is 1.95 bits per heavy atom. The van der Waals surface area contributed by atoms with Gasteiger partial charge in [-0.1, -0.05) is 6.07 Å². The summed E-state index contributed by atoms with van der Waals surface area (Å²) >= 11 is 1.81. The van der Waals surface area contributed by atoms with Crippen LogP contribution in [0.4, 0.5) is 0 Å². The highest BCUT2D eigenvalue weighted by Crippen LogP contribution is 2.27. The predicted octanol–water partition coefficient (Wildman–Crippen LogP) is 2.73. The SMILES string of the molecule is CC1(C)CN(CCNCc2cccs2)CC(C)(C)O1. The molecule has 1 aromatic rings. The van der Waals surface area contributed by atoms with Gasteiger partial charge in [-0.25, -0.2) is 0 Å². The van der Waals surface area contributed by atoms with Gasteiger partial charge in [-0.3, -0.25) is 4.90 Å². The molecule has 0 spiro atoms. The number of hydrogen-bond donors (Lipinski definition) is 1. The van der Waals surface area contributed by atoms with Gasteiger partial charge in [0.25, 0.3) is 0 Å². The molecule has 0 radical (unpaired) electrons. The Labute approximate surface area is 121 Å². The zero-order valence-electron chi connectivity index (χ0n) is 12.5. The lowest BCUT2D eigenvalue weighted by atomic mass is 9.99. The van der Waals surface area contributed by atoms with Crippen LogP contribution in [0, 0.1) is 0 Å². The summed E-state index contributed by atoms with van der Waals surface area (Å²) in [5.41, 5.74) is -0.0923. The standard InChI is InChI=1S/C15H26N2OS/c1-14(2)11-17(12-15(3,4)18-14)8-7-16-10-13-6-5-9-19-13/h5-6,9,16H,7-8,10-12H2,1-4H3. The summed E-state index contributed by atoms with van der Waals surface area (Å²) in [6.07, 6.45) is 0. The molecule has 0 aliphatic carbocycles. The van der Waals surface area contributed by atoms with Crippen molar-refractivity contribution in [2.24, 2.45) is 0 Å². The average molecular weight is 282 g/mol. The lowest BCUT2D eigenvalue weighted by Gasteiger charge is -2.47. The molecule has 0 amide bonds. The highest BCUT2D eigenvalue weighted by Gasteiger charge is 2.37. The molecule has 0 atom stereocenters. The second-order valence-corrected chi connectivity index (χ2v) is 7.62. The number of nitrogens with one attached hydrogen (secondary N) is 1. The molecule has 108 valence electrons. The molecular weight excluding hydrogens is 256 g/mol. The Morgan fingerprint density at radius 1 is 1.26 bits per heavy atom. The van der Waals surface area contributed by atoms with E-state index in [1.54, 1.807) is 0 Å². The van der Waals surface area contributed by atoms with Gasteiger partial charge in [-0.05, 0) is 39.1 Å². The number of hydrogen-bond acceptors (Lipinski definition) is 4. The Morgan fingerprint density at radius 3 is 2.53 bits per heavy atom. The minimum atomic E-state index is -0.0461. The zero-order valence-corrected chi connectivity index (χ0v) is 13.3. The number of nitrogens with zero attached hydrogens (tertiary/aromatic N) is 1. The third kappa shape index (κ3) is 4.88. The molecule has 0 saturated carbocycles. The van der Waals surface area contributed by atoms with Crippen molar-refractivity contribution in [3.05, 3.63) is 22.4 Å². The van der Waals surface area contributed by atoms with E-state index < -0.39 is 0 Å². The third-order valence-corrected chi connectivity index (χ3v) is 4.12. The molecule has 1 aliphatic rings. The maximum absolute atomic E-state index is 6.10. The van der Waals surface area contributed by atoms with E-state index in [0.717, 1.165) is 32.7 Å². The second kappa shape index (κ2) is 5.92. The fourth-order valence-corrected chi connectivity index (χ4v) is 3.64. The van der Waals surface area contributed by atoms with Crippen LogP contribution in [0.15, 0.2) is 17.5 Å². The summed E-state index contributed by atoms with van der Waals surface area (Å²) in [4.78, 5) is 3.91. The van der Waals surface area contributed by atoms with Crippen molar-refractivity contribution >= 4 is 11.3 Å². The minimum absolute atomic E-state index is 0.0461. The van der Waals surface area contributed by atoms with Crippen LogP contribution in [0.25, 0.3) is 0 Å². The highest BCUT2D eigenvalue weighted by atomic mass is 32.1. The molecule has 0 bridgehead atoms. The Balaban J connectivity index is 1.73. The smallest absolute Gasteiger partial charge is 0.0760 e. The second-order valence-electron chi connectivity index (χ2n) is 6.59. The number of morpholine rings is 1. The summed E-state index contributed by atoms with van der Waals surface area (Å²) in [6.45, 7) is 13.8. The van der Waals surface area contributed by atoms with Crippen LogP contribution in [-0.2, 0) is 11.3 Å². The van der Waals surface area contributed by atoms with Gasteiger partial charge in [-0.15, -0.1) is 11.3 Å². The van der Waals surface area contributed by atoms with Crippen molar-refractivity contribution < 1.29 is 4.74 Å². The van der Waals surface area contributed by atoms with Gasteiger partial charge in [0.2, 0.25) is 0 Å². The van der Waals surface area contributed by atoms with E-state index in [9.17, 15) is 0 Å². The quantitative estimate of drug-likeness (QED) is 0.841. The van der Waals surface area contributed by atoms with Crippen LogP contribution in [0.3, 0.4) is 0 Å². The van der Waals surface area contributed by atoms with Crippen molar-refractivity contribution in [2.75, 3.05) is 26.2 Å². The summed E-state index contributed by atoms with van der Waals surface area (Å²) < 4.78 is 6.10. The fraction of sp³-hybridized carbons (Fsp3) is 0.733. The van der Waals surface area contributed by atoms with Crippen LogP contribution in [-0.4, -0.2) is 42.3 Å². The maximum Gasteiger partial charge on any atom is 0.0760 e. The van der Waals surface area contributed by atoms with Gasteiger partial charge in [0.1, 0.15) is 0 Å². The molecule has 1 aliphatic heterocycles. The molecule has 0 aromatic carbocycles. The zero-order chi connectivity index (χ0) is 13.9. The summed E-state index contributed by atoms with van der Waals surface area (Å²) in [5.74, 6) is 0. The van der Waals surface area contributed by atoms with Crippen LogP contribution in [0.5, 0.6) is 0 Å². The van der Waals surface area contributed by atoms with E-state index >= 15 is 0 Å². The summed E-state index contributed by atoms with van der Waals surface area (Å²) in [6, 6.07) is 4.29. The molecule has 0 unspecified atom stereocenters. The number of thiophene rings is 1. The first-order valence-corrected chi connectivity index (χ1v) is 7.90. The largest absolute Gasteiger partial charge is 0.367 e. The van der Waals surface area contributed by atoms with Gasteiger partial charge in [0.05, 0.1) is 11.2 Å². The molecular formula is C15H26N2OS. The molecule has 1 N–H and O–H groups in total. The van der Waals surface area contributed by atoms with E-state index in [1.165, 1.54) is 4.88 Å². The van der Waals surface area contributed by atoms with E-state index in [2.05, 4.69) is 55.4 Å². The normalized spacial score (nSPS) is 22.5. The van der Waals surface area contributed by atoms with Crippen LogP contribution in [0.2, 0.25) is 0 Å². The van der Waals surface area contributed by atoms with Gasteiger partial charge in [0, 0.05) is 37.6 Å². The number of ether oxygens (including phenoxy) is 1. The van der Waals surface area contributed by atoms with E-state index in [1.807, 2.05) is 11.3 Å². The van der Waals surface area contributed by atoms with E-state index in [-0.39, 0.29) is 11.2 Å². The monoisotopic (exact) mass is 282 g/mol. The molecule has 19 heavy (non-hydrogen) atoms. The van der Waals surface area contributed by atoms with Crippen LogP contribution in [0.1, 0.15) is 32.6 Å². The van der Waals surface area contributed by atoms with Crippen LogP contribution >= 0.6 is 11.3 Å². The molecule has 4 heteroatoms. The van der Waals surface area contributed by atoms with Gasteiger partial charge in [-0.2, -0.15) is 0 Å². The average Bonchev–Trinajstić information content (AvgIpc) is 2.72. The molecule has 2 rings (SSSR count). The molecule has 3 nitrogen and oxygen atoms in total. The Kier molecular flexibility index (Phi) is 4.66. The van der Waals surface area contributed by atoms with Gasteiger partial charge in [0.15, 0.2) is 0 Å². The lowest BCUT2D eigenvalue weighted by molar-refractivity contribution is -0.180. The summed E-state index contributed by atoms with van der Waals surface area (Å²) in [7, 11) is 0. The highest BCUT2D eigenvalue weighted by molar-refractivity contribution is 7.09. The van der Waals surface area contributed by atoms with Crippen molar-refractivity contribution in [3.63, 3.8) is 0 Å². The number of rotatable bonds is 5. The predicted molar refractivity (Wildman–Crippen MR) is 81.7 cm³/mol. The van der Waals surface area contributed by atoms with Crippen LogP contribution < -0.4 is 5.32 Å². The Hall–Kier alpha value is -0.420. The lowest BCUT2D eigenvalue weighted by Crippen LogP contribution is -2.58. The Bertz CT molecular complexity index is 371. The van der Waals surface area contributed by atoms with E-state index in [4.69, 9.17) is 4.74 Å². The first kappa shape index (κ1) is 15.0. The molecule has 1 saturated heterocycles. The third-order valence-electron chi connectivity index (χ3n) is 3.25. The summed E-state index contributed by atoms with van der Waals surface area (Å²) in [5, 5.41) is 5.65. The van der Waals surface area contributed by atoms with Crippen molar-refractivity contribution in [2.45, 2.75) is 45.4 Å².